The maximum absolute atomic E-state index is 13.1. The highest BCUT2D eigenvalue weighted by molar-refractivity contribution is 9.10. The summed E-state index contributed by atoms with van der Waals surface area (Å²) in [7, 11) is 0. The Hall–Kier alpha value is -2.15. The van der Waals surface area contributed by atoms with E-state index in [0.29, 0.717) is 10.0 Å². The van der Waals surface area contributed by atoms with Crippen molar-refractivity contribution in [2.75, 3.05) is 0 Å². The van der Waals surface area contributed by atoms with E-state index in [1.807, 2.05) is 0 Å². The summed E-state index contributed by atoms with van der Waals surface area (Å²) in [5.74, 6) is -1.81. The Labute approximate surface area is 121 Å². The van der Waals surface area contributed by atoms with Crippen molar-refractivity contribution in [2.24, 2.45) is 10.9 Å². The SMILES string of the molecule is N/C(=N/O)c1cc(Br)ccc1Oc1ccc(F)c(F)c1. The topological polar surface area (TPSA) is 67.8 Å². The first-order valence-corrected chi connectivity index (χ1v) is 6.21. The molecule has 2 rings (SSSR count). The summed E-state index contributed by atoms with van der Waals surface area (Å²) in [6.45, 7) is 0. The van der Waals surface area contributed by atoms with Crippen molar-refractivity contribution >= 4 is 21.8 Å². The van der Waals surface area contributed by atoms with E-state index in [2.05, 4.69) is 21.1 Å². The van der Waals surface area contributed by atoms with E-state index in [1.165, 1.54) is 6.07 Å². The highest BCUT2D eigenvalue weighted by atomic mass is 79.9. The molecule has 0 radical (unpaired) electrons. The Morgan fingerprint density at radius 2 is 1.90 bits per heavy atom. The van der Waals surface area contributed by atoms with Gasteiger partial charge in [0, 0.05) is 10.5 Å². The van der Waals surface area contributed by atoms with Crippen molar-refractivity contribution in [1.82, 2.24) is 0 Å². The van der Waals surface area contributed by atoms with Crippen LogP contribution in [0.15, 0.2) is 46.0 Å². The lowest BCUT2D eigenvalue weighted by atomic mass is 10.2. The van der Waals surface area contributed by atoms with Crippen LogP contribution in [0.4, 0.5) is 8.78 Å². The zero-order valence-electron chi connectivity index (χ0n) is 9.98. The number of ether oxygens (including phenoxy) is 1. The van der Waals surface area contributed by atoms with E-state index in [9.17, 15) is 8.78 Å². The summed E-state index contributed by atoms with van der Waals surface area (Å²) >= 11 is 3.24. The lowest BCUT2D eigenvalue weighted by Crippen LogP contribution is -2.14. The van der Waals surface area contributed by atoms with Gasteiger partial charge in [0.05, 0.1) is 5.56 Å². The van der Waals surface area contributed by atoms with E-state index >= 15 is 0 Å². The number of benzene rings is 2. The summed E-state index contributed by atoms with van der Waals surface area (Å²) in [4.78, 5) is 0. The predicted molar refractivity (Wildman–Crippen MR) is 73.1 cm³/mol. The molecule has 0 aromatic heterocycles. The van der Waals surface area contributed by atoms with Crippen LogP contribution in [0.5, 0.6) is 11.5 Å². The van der Waals surface area contributed by atoms with E-state index in [0.717, 1.165) is 12.1 Å². The first-order chi connectivity index (χ1) is 9.51. The first-order valence-electron chi connectivity index (χ1n) is 5.41. The number of nitrogens with zero attached hydrogens (tertiary/aromatic N) is 1. The first kappa shape index (κ1) is 14.3. The van der Waals surface area contributed by atoms with Gasteiger partial charge in [-0.3, -0.25) is 0 Å². The standard InChI is InChI=1S/C13H9BrF2N2O2/c14-7-1-4-12(9(5-7)13(17)18-19)20-8-2-3-10(15)11(16)6-8/h1-6,19H,(H2,17,18). The molecule has 3 N–H and O–H groups in total. The number of nitrogens with two attached hydrogens (primary N) is 1. The summed E-state index contributed by atoms with van der Waals surface area (Å²) in [5, 5.41) is 11.6. The zero-order valence-corrected chi connectivity index (χ0v) is 11.6. The molecule has 0 amide bonds. The van der Waals surface area contributed by atoms with Gasteiger partial charge in [0.2, 0.25) is 0 Å². The molecule has 4 nitrogen and oxygen atoms in total. The number of oxime groups is 1. The van der Waals surface area contributed by atoms with Crippen molar-refractivity contribution in [2.45, 2.75) is 0 Å². The lowest BCUT2D eigenvalue weighted by Gasteiger charge is -2.11. The Kier molecular flexibility index (Phi) is 4.19. The lowest BCUT2D eigenvalue weighted by molar-refractivity contribution is 0.318. The second-order valence-electron chi connectivity index (χ2n) is 3.80. The van der Waals surface area contributed by atoms with Crippen LogP contribution in [-0.2, 0) is 0 Å². The second kappa shape index (κ2) is 5.87. The molecule has 0 aliphatic carbocycles. The minimum atomic E-state index is -1.02. The maximum Gasteiger partial charge on any atom is 0.173 e. The summed E-state index contributed by atoms with van der Waals surface area (Å²) in [6, 6.07) is 7.93. The Balaban J connectivity index is 2.40. The van der Waals surface area contributed by atoms with Crippen molar-refractivity contribution in [1.29, 1.82) is 0 Å². The van der Waals surface area contributed by atoms with Gasteiger partial charge in [-0.05, 0) is 30.3 Å². The highest BCUT2D eigenvalue weighted by Crippen LogP contribution is 2.28. The number of halogens is 3. The van der Waals surface area contributed by atoms with Gasteiger partial charge in [0.1, 0.15) is 11.5 Å². The Bertz CT molecular complexity index is 677. The molecule has 0 heterocycles. The molecule has 0 aliphatic rings. The molecule has 104 valence electrons. The molecule has 0 saturated heterocycles. The van der Waals surface area contributed by atoms with Gasteiger partial charge in [-0.2, -0.15) is 0 Å². The second-order valence-corrected chi connectivity index (χ2v) is 4.72. The molecule has 2 aromatic rings. The van der Waals surface area contributed by atoms with E-state index in [1.54, 1.807) is 18.2 Å². The van der Waals surface area contributed by atoms with Gasteiger partial charge >= 0.3 is 0 Å². The highest BCUT2D eigenvalue weighted by Gasteiger charge is 2.11. The van der Waals surface area contributed by atoms with Gasteiger partial charge in [-0.15, -0.1) is 0 Å². The van der Waals surface area contributed by atoms with E-state index in [-0.39, 0.29) is 17.3 Å². The van der Waals surface area contributed by atoms with Crippen LogP contribution in [0.2, 0.25) is 0 Å². The summed E-state index contributed by atoms with van der Waals surface area (Å²) < 4.78 is 32.1. The number of rotatable bonds is 3. The Morgan fingerprint density at radius 1 is 1.15 bits per heavy atom. The molecule has 20 heavy (non-hydrogen) atoms. The average molecular weight is 343 g/mol. The molecule has 0 atom stereocenters. The van der Waals surface area contributed by atoms with Crippen molar-refractivity contribution < 1.29 is 18.7 Å². The fraction of sp³-hybridized carbons (Fsp3) is 0. The molecule has 0 saturated carbocycles. The molecular formula is C13H9BrF2N2O2. The van der Waals surface area contributed by atoms with Crippen LogP contribution in [0, 0.1) is 11.6 Å². The van der Waals surface area contributed by atoms with Gasteiger partial charge in [-0.1, -0.05) is 21.1 Å². The fourth-order valence-corrected chi connectivity index (χ4v) is 1.87. The molecule has 0 unspecified atom stereocenters. The number of amidine groups is 1. The van der Waals surface area contributed by atoms with E-state index < -0.39 is 11.6 Å². The van der Waals surface area contributed by atoms with Crippen LogP contribution in [0.25, 0.3) is 0 Å². The van der Waals surface area contributed by atoms with Crippen LogP contribution < -0.4 is 10.5 Å². The minimum Gasteiger partial charge on any atom is -0.456 e. The van der Waals surface area contributed by atoms with Crippen LogP contribution in [0.1, 0.15) is 5.56 Å². The number of hydrogen-bond acceptors (Lipinski definition) is 3. The summed E-state index contributed by atoms with van der Waals surface area (Å²) in [6.07, 6.45) is 0. The molecule has 0 fully saturated rings. The smallest absolute Gasteiger partial charge is 0.173 e. The third kappa shape index (κ3) is 3.05. The van der Waals surface area contributed by atoms with Crippen LogP contribution in [-0.4, -0.2) is 11.0 Å². The normalized spacial score (nSPS) is 11.4. The molecule has 0 bridgehead atoms. The molecule has 0 spiro atoms. The minimum absolute atomic E-state index is 0.0956. The average Bonchev–Trinajstić information content (AvgIpc) is 2.44. The molecular weight excluding hydrogens is 334 g/mol. The molecule has 0 aliphatic heterocycles. The van der Waals surface area contributed by atoms with Gasteiger partial charge in [0.15, 0.2) is 17.5 Å². The van der Waals surface area contributed by atoms with Crippen molar-refractivity contribution in [3.05, 3.63) is 58.1 Å². The largest absolute Gasteiger partial charge is 0.456 e. The molecule has 7 heteroatoms. The van der Waals surface area contributed by atoms with Gasteiger partial charge in [0.25, 0.3) is 0 Å². The zero-order chi connectivity index (χ0) is 14.7. The maximum atomic E-state index is 13.1. The third-order valence-electron chi connectivity index (χ3n) is 2.44. The summed E-state index contributed by atoms with van der Waals surface area (Å²) in [5.41, 5.74) is 5.85. The van der Waals surface area contributed by atoms with Crippen LogP contribution in [0.3, 0.4) is 0 Å². The Morgan fingerprint density at radius 3 is 2.55 bits per heavy atom. The van der Waals surface area contributed by atoms with Crippen LogP contribution >= 0.6 is 15.9 Å². The fourth-order valence-electron chi connectivity index (χ4n) is 1.51. The van der Waals surface area contributed by atoms with Crippen molar-refractivity contribution in [3.63, 3.8) is 0 Å². The monoisotopic (exact) mass is 342 g/mol. The van der Waals surface area contributed by atoms with Gasteiger partial charge in [-0.25, -0.2) is 8.78 Å². The molecule has 2 aromatic carbocycles. The van der Waals surface area contributed by atoms with Crippen molar-refractivity contribution in [3.8, 4) is 11.5 Å². The predicted octanol–water partition coefficient (Wildman–Crippen LogP) is 3.61. The third-order valence-corrected chi connectivity index (χ3v) is 2.94. The van der Waals surface area contributed by atoms with E-state index in [4.69, 9.17) is 15.7 Å². The van der Waals surface area contributed by atoms with Gasteiger partial charge < -0.3 is 15.7 Å². The number of hydrogen-bond donors (Lipinski definition) is 2. The quantitative estimate of drug-likeness (QED) is 0.387.